The van der Waals surface area contributed by atoms with Crippen LogP contribution in [0.25, 0.3) is 0 Å². The second kappa shape index (κ2) is 5.00. The summed E-state index contributed by atoms with van der Waals surface area (Å²) in [7, 11) is -0.689. The maximum atomic E-state index is 11.6. The summed E-state index contributed by atoms with van der Waals surface area (Å²) in [5.74, 6) is -0.425. The Kier molecular flexibility index (Phi) is 3.49. The van der Waals surface area contributed by atoms with Gasteiger partial charge in [0, 0.05) is 0 Å². The van der Waals surface area contributed by atoms with Crippen molar-refractivity contribution in [2.75, 3.05) is 0 Å². The van der Waals surface area contributed by atoms with Crippen molar-refractivity contribution in [1.82, 2.24) is 0 Å². The largest absolute Gasteiger partial charge is 0.495 e. The summed E-state index contributed by atoms with van der Waals surface area (Å²) in [6.07, 6.45) is 2.28. The number of carboxylic acid groups (broad SMARTS) is 1. The van der Waals surface area contributed by atoms with Gasteiger partial charge in [0.2, 0.25) is 0 Å². The molecule has 0 aromatic heterocycles. The van der Waals surface area contributed by atoms with Gasteiger partial charge < -0.3 is 19.2 Å². The first-order chi connectivity index (χ1) is 10.2. The van der Waals surface area contributed by atoms with Crippen molar-refractivity contribution in [2.45, 2.75) is 57.8 Å². The van der Waals surface area contributed by atoms with Crippen molar-refractivity contribution >= 4 is 18.6 Å². The van der Waals surface area contributed by atoms with Crippen molar-refractivity contribution < 1.29 is 23.9 Å². The minimum absolute atomic E-state index is 0.164. The van der Waals surface area contributed by atoms with Crippen LogP contribution in [0.3, 0.4) is 0 Å². The molecule has 1 aliphatic heterocycles. The molecule has 3 rings (SSSR count). The standard InChI is InChI=1S/C16H21BO5/c1-15(2)16(3,4)22-17(21-15)13-8-7-11(20-10-5-6-10)9-12(13)14(18)19/h7-10H,5-6H2,1-4H3,(H,18,19). The molecule has 118 valence electrons. The molecular formula is C16H21BO5. The zero-order valence-electron chi connectivity index (χ0n) is 13.4. The monoisotopic (exact) mass is 304 g/mol. The third kappa shape index (κ3) is 2.73. The highest BCUT2D eigenvalue weighted by Gasteiger charge is 2.52. The summed E-state index contributed by atoms with van der Waals surface area (Å²) >= 11 is 0. The van der Waals surface area contributed by atoms with Crippen molar-refractivity contribution in [1.29, 1.82) is 0 Å². The molecule has 2 aliphatic rings. The van der Waals surface area contributed by atoms with Gasteiger partial charge in [-0.15, -0.1) is 0 Å². The molecule has 1 aromatic rings. The summed E-state index contributed by atoms with van der Waals surface area (Å²) in [5.41, 5.74) is -0.321. The Morgan fingerprint density at radius 3 is 2.32 bits per heavy atom. The van der Waals surface area contributed by atoms with E-state index < -0.39 is 24.3 Å². The van der Waals surface area contributed by atoms with E-state index in [0.29, 0.717) is 11.2 Å². The third-order valence-electron chi connectivity index (χ3n) is 4.59. The maximum Gasteiger partial charge on any atom is 0.495 e. The fourth-order valence-corrected chi connectivity index (χ4v) is 2.35. The number of hydrogen-bond acceptors (Lipinski definition) is 4. The molecule has 22 heavy (non-hydrogen) atoms. The van der Waals surface area contributed by atoms with E-state index in [0.717, 1.165) is 12.8 Å². The van der Waals surface area contributed by atoms with E-state index in [1.54, 1.807) is 18.2 Å². The molecule has 0 unspecified atom stereocenters. The lowest BCUT2D eigenvalue weighted by Crippen LogP contribution is -2.41. The van der Waals surface area contributed by atoms with E-state index in [4.69, 9.17) is 14.0 Å². The van der Waals surface area contributed by atoms with Gasteiger partial charge in [-0.2, -0.15) is 0 Å². The Balaban J connectivity index is 1.91. The lowest BCUT2D eigenvalue weighted by molar-refractivity contribution is 0.00578. The molecule has 5 nitrogen and oxygen atoms in total. The average Bonchev–Trinajstić information content (AvgIpc) is 3.17. The molecule has 0 amide bonds. The van der Waals surface area contributed by atoms with Gasteiger partial charge >= 0.3 is 13.1 Å². The number of carboxylic acids is 1. The van der Waals surface area contributed by atoms with Crippen LogP contribution < -0.4 is 10.2 Å². The zero-order chi connectivity index (χ0) is 16.1. The van der Waals surface area contributed by atoms with E-state index in [2.05, 4.69) is 0 Å². The molecule has 1 aromatic carbocycles. The fraction of sp³-hybridized carbons (Fsp3) is 0.562. The second-order valence-corrected chi connectivity index (χ2v) is 6.96. The number of ether oxygens (including phenoxy) is 1. The molecule has 0 spiro atoms. The Labute approximate surface area is 130 Å². The van der Waals surface area contributed by atoms with Crippen LogP contribution in [0.5, 0.6) is 5.75 Å². The molecule has 1 N–H and O–H groups in total. The Hall–Kier alpha value is -1.53. The van der Waals surface area contributed by atoms with Crippen molar-refractivity contribution in [2.24, 2.45) is 0 Å². The normalized spacial score (nSPS) is 22.6. The summed E-state index contributed by atoms with van der Waals surface area (Å²) in [4.78, 5) is 11.6. The predicted octanol–water partition coefficient (Wildman–Crippen LogP) is 2.23. The second-order valence-electron chi connectivity index (χ2n) is 6.96. The van der Waals surface area contributed by atoms with Crippen LogP contribution in [0.1, 0.15) is 50.9 Å². The first-order valence-electron chi connectivity index (χ1n) is 7.59. The Morgan fingerprint density at radius 1 is 1.23 bits per heavy atom. The summed E-state index contributed by atoms with van der Waals surface area (Å²) < 4.78 is 17.6. The summed E-state index contributed by atoms with van der Waals surface area (Å²) in [5, 5.41) is 9.49. The smallest absolute Gasteiger partial charge is 0.490 e. The van der Waals surface area contributed by atoms with Gasteiger partial charge in [0.05, 0.1) is 22.9 Å². The lowest BCUT2D eigenvalue weighted by atomic mass is 9.76. The van der Waals surface area contributed by atoms with Crippen LogP contribution in [-0.2, 0) is 9.31 Å². The van der Waals surface area contributed by atoms with E-state index in [-0.39, 0.29) is 11.7 Å². The number of aromatic carboxylic acids is 1. The minimum atomic E-state index is -1.01. The Morgan fingerprint density at radius 2 is 1.82 bits per heavy atom. The number of rotatable bonds is 4. The maximum absolute atomic E-state index is 11.6. The molecule has 0 bridgehead atoms. The van der Waals surface area contributed by atoms with Crippen LogP contribution in [0.2, 0.25) is 0 Å². The van der Waals surface area contributed by atoms with Crippen LogP contribution >= 0.6 is 0 Å². The number of benzene rings is 1. The summed E-state index contributed by atoms with van der Waals surface area (Å²) in [6, 6.07) is 5.06. The topological polar surface area (TPSA) is 65.0 Å². The molecule has 1 saturated carbocycles. The molecule has 0 radical (unpaired) electrons. The molecule has 0 atom stereocenters. The Bertz CT molecular complexity index is 591. The first-order valence-corrected chi connectivity index (χ1v) is 7.59. The third-order valence-corrected chi connectivity index (χ3v) is 4.59. The van der Waals surface area contributed by atoms with Crippen molar-refractivity contribution in [3.8, 4) is 5.75 Å². The molecule has 1 heterocycles. The van der Waals surface area contributed by atoms with Crippen LogP contribution in [0.15, 0.2) is 18.2 Å². The lowest BCUT2D eigenvalue weighted by Gasteiger charge is -2.32. The highest BCUT2D eigenvalue weighted by Crippen LogP contribution is 2.37. The van der Waals surface area contributed by atoms with Gasteiger partial charge in [0.15, 0.2) is 0 Å². The highest BCUT2D eigenvalue weighted by molar-refractivity contribution is 6.63. The van der Waals surface area contributed by atoms with E-state index in [1.807, 2.05) is 27.7 Å². The predicted molar refractivity (Wildman–Crippen MR) is 82.8 cm³/mol. The molecule has 6 heteroatoms. The van der Waals surface area contributed by atoms with Crippen molar-refractivity contribution in [3.63, 3.8) is 0 Å². The van der Waals surface area contributed by atoms with E-state index >= 15 is 0 Å². The first kappa shape index (κ1) is 15.4. The van der Waals surface area contributed by atoms with E-state index in [9.17, 15) is 9.90 Å². The highest BCUT2D eigenvalue weighted by atomic mass is 16.7. The quantitative estimate of drug-likeness (QED) is 0.864. The zero-order valence-corrected chi connectivity index (χ0v) is 13.4. The SMILES string of the molecule is CC1(C)OB(c2ccc(OC3CC3)cc2C(=O)O)OC1(C)C. The summed E-state index contributed by atoms with van der Waals surface area (Å²) in [6.45, 7) is 7.77. The number of carbonyl (C=O) groups is 1. The van der Waals surface area contributed by atoms with Gasteiger partial charge in [-0.3, -0.25) is 0 Å². The van der Waals surface area contributed by atoms with Gasteiger partial charge in [0.25, 0.3) is 0 Å². The van der Waals surface area contributed by atoms with Crippen LogP contribution in [0, 0.1) is 0 Å². The van der Waals surface area contributed by atoms with Crippen LogP contribution in [-0.4, -0.2) is 35.5 Å². The van der Waals surface area contributed by atoms with Gasteiger partial charge in [-0.25, -0.2) is 4.79 Å². The van der Waals surface area contributed by atoms with Gasteiger partial charge in [0.1, 0.15) is 5.75 Å². The van der Waals surface area contributed by atoms with Gasteiger partial charge in [-0.05, 0) is 58.1 Å². The van der Waals surface area contributed by atoms with Gasteiger partial charge in [-0.1, -0.05) is 6.07 Å². The van der Waals surface area contributed by atoms with E-state index in [1.165, 1.54) is 0 Å². The molecule has 1 saturated heterocycles. The number of hydrogen-bond donors (Lipinski definition) is 1. The minimum Gasteiger partial charge on any atom is -0.490 e. The average molecular weight is 304 g/mol. The van der Waals surface area contributed by atoms with Crippen molar-refractivity contribution in [3.05, 3.63) is 23.8 Å². The molecule has 1 aliphatic carbocycles. The fourth-order valence-electron chi connectivity index (χ4n) is 2.35. The molecular weight excluding hydrogens is 283 g/mol. The van der Waals surface area contributed by atoms with Crippen LogP contribution in [0.4, 0.5) is 0 Å². The molecule has 2 fully saturated rings.